The predicted molar refractivity (Wildman–Crippen MR) is 86.5 cm³/mol. The molecule has 1 aliphatic carbocycles. The zero-order valence-electron chi connectivity index (χ0n) is 11.4. The van der Waals surface area contributed by atoms with Gasteiger partial charge in [0.05, 0.1) is 17.8 Å². The van der Waals surface area contributed by atoms with Gasteiger partial charge in [-0.2, -0.15) is 5.26 Å². The lowest BCUT2D eigenvalue weighted by Crippen LogP contribution is -2.25. The van der Waals surface area contributed by atoms with Gasteiger partial charge in [-0.3, -0.25) is 0 Å². The zero-order valence-corrected chi connectivity index (χ0v) is 13.0. The van der Waals surface area contributed by atoms with Crippen LogP contribution in [0.2, 0.25) is 0 Å². The minimum atomic E-state index is 0.598. The van der Waals surface area contributed by atoms with Gasteiger partial charge in [0.25, 0.3) is 0 Å². The summed E-state index contributed by atoms with van der Waals surface area (Å²) in [6.45, 7) is 0.912. The Morgan fingerprint density at radius 2 is 2.20 bits per heavy atom. The van der Waals surface area contributed by atoms with Crippen LogP contribution in [0.25, 0.3) is 0 Å². The number of benzene rings is 1. The van der Waals surface area contributed by atoms with Crippen LogP contribution >= 0.6 is 23.1 Å². The number of hydrogen-bond donors (Lipinski definition) is 0. The third kappa shape index (κ3) is 2.70. The van der Waals surface area contributed by atoms with E-state index < -0.39 is 0 Å². The molecule has 2 nitrogen and oxygen atoms in total. The first-order valence-corrected chi connectivity index (χ1v) is 8.80. The van der Waals surface area contributed by atoms with Crippen molar-refractivity contribution in [1.82, 2.24) is 0 Å². The molecule has 20 heavy (non-hydrogen) atoms. The minimum absolute atomic E-state index is 0.598. The van der Waals surface area contributed by atoms with Crippen molar-refractivity contribution in [3.05, 3.63) is 46.2 Å². The first-order valence-electron chi connectivity index (χ1n) is 6.69. The van der Waals surface area contributed by atoms with Crippen molar-refractivity contribution in [2.24, 2.45) is 0 Å². The molecule has 0 N–H and O–H groups in total. The fourth-order valence-corrected chi connectivity index (χ4v) is 3.68. The van der Waals surface area contributed by atoms with Crippen LogP contribution in [0.3, 0.4) is 0 Å². The van der Waals surface area contributed by atoms with Crippen molar-refractivity contribution in [2.75, 3.05) is 11.2 Å². The fraction of sp³-hybridized carbons (Fsp3) is 0.312. The summed E-state index contributed by atoms with van der Waals surface area (Å²) in [4.78, 5) is 4.83. The molecule has 1 aromatic heterocycles. The molecule has 1 fully saturated rings. The van der Waals surface area contributed by atoms with Gasteiger partial charge in [-0.15, -0.1) is 23.1 Å². The first kappa shape index (κ1) is 13.5. The van der Waals surface area contributed by atoms with Gasteiger partial charge in [0.2, 0.25) is 0 Å². The highest BCUT2D eigenvalue weighted by Gasteiger charge is 2.31. The Hall–Kier alpha value is -1.44. The van der Waals surface area contributed by atoms with E-state index >= 15 is 0 Å². The van der Waals surface area contributed by atoms with E-state index in [0.29, 0.717) is 6.04 Å². The fourth-order valence-electron chi connectivity index (χ4n) is 2.41. The number of thioether (sulfide) groups is 1. The molecule has 0 unspecified atom stereocenters. The van der Waals surface area contributed by atoms with Gasteiger partial charge in [-0.1, -0.05) is 12.1 Å². The number of thiophene rings is 1. The Morgan fingerprint density at radius 3 is 2.80 bits per heavy atom. The summed E-state index contributed by atoms with van der Waals surface area (Å²) in [5.41, 5.74) is 1.92. The summed E-state index contributed by atoms with van der Waals surface area (Å²) < 4.78 is 0. The summed E-state index contributed by atoms with van der Waals surface area (Å²) in [5.74, 6) is 0. The van der Waals surface area contributed by atoms with Crippen molar-refractivity contribution in [2.45, 2.75) is 30.3 Å². The van der Waals surface area contributed by atoms with Gasteiger partial charge in [0.15, 0.2) is 0 Å². The number of rotatable bonds is 5. The summed E-state index contributed by atoms with van der Waals surface area (Å²) in [7, 11) is 0. The van der Waals surface area contributed by atoms with E-state index in [4.69, 9.17) is 0 Å². The minimum Gasteiger partial charge on any atom is -0.362 e. The van der Waals surface area contributed by atoms with Gasteiger partial charge in [-0.25, -0.2) is 0 Å². The molecule has 102 valence electrons. The number of anilines is 1. The molecule has 1 heterocycles. The maximum Gasteiger partial charge on any atom is 0.103 e. The number of nitrogens with zero attached hydrogens (tertiary/aromatic N) is 2. The van der Waals surface area contributed by atoms with Crippen LogP contribution in [0.1, 0.15) is 23.3 Å². The lowest BCUT2D eigenvalue weighted by atomic mass is 10.1. The normalized spacial score (nSPS) is 14.0. The molecule has 1 aromatic carbocycles. The van der Waals surface area contributed by atoms with Crippen molar-refractivity contribution in [3.63, 3.8) is 0 Å². The maximum atomic E-state index is 9.52. The van der Waals surface area contributed by atoms with Crippen LogP contribution in [0.15, 0.2) is 40.6 Å². The molecular formula is C16H16N2S2. The summed E-state index contributed by atoms with van der Waals surface area (Å²) in [5, 5.41) is 11.6. The summed E-state index contributed by atoms with van der Waals surface area (Å²) in [6, 6.07) is 13.4. The Bertz CT molecular complexity index is 624. The van der Waals surface area contributed by atoms with E-state index in [2.05, 4.69) is 40.6 Å². The second-order valence-electron chi connectivity index (χ2n) is 4.90. The van der Waals surface area contributed by atoms with E-state index in [9.17, 15) is 5.26 Å². The van der Waals surface area contributed by atoms with Crippen molar-refractivity contribution < 1.29 is 0 Å². The van der Waals surface area contributed by atoms with Gasteiger partial charge in [0, 0.05) is 15.8 Å². The van der Waals surface area contributed by atoms with E-state index in [1.807, 2.05) is 12.3 Å². The van der Waals surface area contributed by atoms with Crippen molar-refractivity contribution in [1.29, 1.82) is 5.26 Å². The highest BCUT2D eigenvalue weighted by molar-refractivity contribution is 7.98. The molecule has 0 atom stereocenters. The lowest BCUT2D eigenvalue weighted by molar-refractivity contribution is 0.800. The van der Waals surface area contributed by atoms with Crippen LogP contribution in [-0.2, 0) is 6.54 Å². The number of hydrogen-bond acceptors (Lipinski definition) is 4. The van der Waals surface area contributed by atoms with Crippen LogP contribution in [0, 0.1) is 11.3 Å². The van der Waals surface area contributed by atoms with Crippen LogP contribution in [-0.4, -0.2) is 12.3 Å². The molecular weight excluding hydrogens is 284 g/mol. The Kier molecular flexibility index (Phi) is 4.00. The van der Waals surface area contributed by atoms with E-state index in [1.165, 1.54) is 17.7 Å². The molecule has 0 spiro atoms. The lowest BCUT2D eigenvalue weighted by Gasteiger charge is -2.25. The first-order chi connectivity index (χ1) is 9.83. The second-order valence-corrected chi connectivity index (χ2v) is 6.78. The summed E-state index contributed by atoms with van der Waals surface area (Å²) >= 11 is 3.43. The molecule has 0 bridgehead atoms. The monoisotopic (exact) mass is 300 g/mol. The summed E-state index contributed by atoms with van der Waals surface area (Å²) in [6.07, 6.45) is 4.50. The Balaban J connectivity index is 1.97. The molecule has 0 radical (unpaired) electrons. The second kappa shape index (κ2) is 5.90. The third-order valence-electron chi connectivity index (χ3n) is 3.54. The van der Waals surface area contributed by atoms with E-state index in [0.717, 1.165) is 22.7 Å². The van der Waals surface area contributed by atoms with E-state index in [1.54, 1.807) is 23.1 Å². The average Bonchev–Trinajstić information content (AvgIpc) is 3.20. The molecule has 2 aromatic rings. The Morgan fingerprint density at radius 1 is 1.35 bits per heavy atom. The maximum absolute atomic E-state index is 9.52. The van der Waals surface area contributed by atoms with Gasteiger partial charge >= 0.3 is 0 Å². The molecule has 0 aliphatic heterocycles. The Labute approximate surface area is 128 Å². The van der Waals surface area contributed by atoms with Gasteiger partial charge in [0.1, 0.15) is 6.07 Å². The van der Waals surface area contributed by atoms with Crippen LogP contribution in [0.4, 0.5) is 5.69 Å². The van der Waals surface area contributed by atoms with Crippen molar-refractivity contribution in [3.8, 4) is 6.07 Å². The van der Waals surface area contributed by atoms with Crippen LogP contribution in [0.5, 0.6) is 0 Å². The third-order valence-corrected chi connectivity index (χ3v) is 5.18. The standard InChI is InChI=1S/C16H16N2S2/c1-19-16-6-2-5-15(14(16)10-17)18(12-7-8-12)11-13-4-3-9-20-13/h2-6,9,12H,7-8,11H2,1H3. The van der Waals surface area contributed by atoms with Gasteiger partial charge in [-0.05, 0) is 42.7 Å². The molecule has 4 heteroatoms. The average molecular weight is 300 g/mol. The zero-order chi connectivity index (χ0) is 13.9. The quantitative estimate of drug-likeness (QED) is 0.760. The van der Waals surface area contributed by atoms with E-state index in [-0.39, 0.29) is 0 Å². The molecule has 1 saturated carbocycles. The molecule has 3 rings (SSSR count). The largest absolute Gasteiger partial charge is 0.362 e. The molecule has 0 saturated heterocycles. The molecule has 1 aliphatic rings. The SMILES string of the molecule is CSc1cccc(N(Cc2cccs2)C2CC2)c1C#N. The number of nitriles is 1. The highest BCUT2D eigenvalue weighted by Crippen LogP contribution is 2.37. The van der Waals surface area contributed by atoms with Crippen molar-refractivity contribution >= 4 is 28.8 Å². The highest BCUT2D eigenvalue weighted by atomic mass is 32.2. The topological polar surface area (TPSA) is 27.0 Å². The predicted octanol–water partition coefficient (Wildman–Crippen LogP) is 4.51. The smallest absolute Gasteiger partial charge is 0.103 e. The van der Waals surface area contributed by atoms with Gasteiger partial charge < -0.3 is 4.90 Å². The molecule has 0 amide bonds. The van der Waals surface area contributed by atoms with Crippen LogP contribution < -0.4 is 4.90 Å².